The number of primary amides is 1. The summed E-state index contributed by atoms with van der Waals surface area (Å²) in [7, 11) is 0. The summed E-state index contributed by atoms with van der Waals surface area (Å²) >= 11 is 5.93. The van der Waals surface area contributed by atoms with Crippen molar-refractivity contribution >= 4 is 28.4 Å². The Bertz CT molecular complexity index is 934. The number of aromatic nitrogens is 1. The van der Waals surface area contributed by atoms with Gasteiger partial charge in [-0.05, 0) is 42.7 Å². The Kier molecular flexibility index (Phi) is 6.16. The first-order valence-electron chi connectivity index (χ1n) is 8.93. The summed E-state index contributed by atoms with van der Waals surface area (Å²) in [4.78, 5) is 11.5. The summed E-state index contributed by atoms with van der Waals surface area (Å²) in [6.45, 7) is 2.77. The topological polar surface area (TPSA) is 80.3 Å². The molecule has 6 heteroatoms. The van der Waals surface area contributed by atoms with Crippen LogP contribution < -0.4 is 11.1 Å². The Labute approximate surface area is 163 Å². The van der Waals surface area contributed by atoms with E-state index in [1.807, 2.05) is 60.0 Å². The predicted molar refractivity (Wildman–Crippen MR) is 109 cm³/mol. The van der Waals surface area contributed by atoms with Crippen LogP contribution in [0.4, 0.5) is 0 Å². The van der Waals surface area contributed by atoms with Crippen molar-refractivity contribution in [2.45, 2.75) is 32.5 Å². The van der Waals surface area contributed by atoms with Gasteiger partial charge in [0, 0.05) is 34.2 Å². The number of hydrogen-bond acceptors (Lipinski definition) is 3. The zero-order valence-corrected chi connectivity index (χ0v) is 16.0. The predicted octanol–water partition coefficient (Wildman–Crippen LogP) is 2.78. The van der Waals surface area contributed by atoms with Crippen LogP contribution in [0.5, 0.6) is 0 Å². The molecule has 1 heterocycles. The van der Waals surface area contributed by atoms with Crippen molar-refractivity contribution in [2.75, 3.05) is 6.61 Å². The minimum atomic E-state index is -0.366. The standard InChI is InChI=1S/C21H24ClN3O2/c1-14-19(18-4-2-3-5-20(18)25(14)12-21(23)27)11-24-17(13-26)10-15-6-8-16(22)9-7-15/h2-9,17,24,26H,10-13H2,1H3,(H2,23,27)/t17-/m1/s1. The zero-order valence-electron chi connectivity index (χ0n) is 15.3. The van der Waals surface area contributed by atoms with Gasteiger partial charge in [0.15, 0.2) is 0 Å². The number of aliphatic hydroxyl groups excluding tert-OH is 1. The second kappa shape index (κ2) is 8.57. The fraction of sp³-hybridized carbons (Fsp3) is 0.286. The molecule has 0 spiro atoms. The van der Waals surface area contributed by atoms with E-state index >= 15 is 0 Å². The number of aliphatic hydroxyl groups is 1. The molecule has 0 aliphatic carbocycles. The molecule has 0 aliphatic heterocycles. The molecule has 0 bridgehead atoms. The van der Waals surface area contributed by atoms with Crippen LogP contribution in [0.3, 0.4) is 0 Å². The molecule has 1 amide bonds. The van der Waals surface area contributed by atoms with E-state index in [2.05, 4.69) is 5.32 Å². The SMILES string of the molecule is Cc1c(CN[C@@H](CO)Cc2ccc(Cl)cc2)c2ccccc2n1CC(N)=O. The van der Waals surface area contributed by atoms with Crippen molar-refractivity contribution in [3.8, 4) is 0 Å². The molecular weight excluding hydrogens is 362 g/mol. The smallest absolute Gasteiger partial charge is 0.237 e. The van der Waals surface area contributed by atoms with E-state index in [4.69, 9.17) is 17.3 Å². The number of amides is 1. The van der Waals surface area contributed by atoms with Gasteiger partial charge in [0.2, 0.25) is 5.91 Å². The van der Waals surface area contributed by atoms with Crippen molar-refractivity contribution < 1.29 is 9.90 Å². The van der Waals surface area contributed by atoms with E-state index in [1.165, 1.54) is 0 Å². The Morgan fingerprint density at radius 3 is 2.59 bits per heavy atom. The van der Waals surface area contributed by atoms with Crippen LogP contribution in [0.1, 0.15) is 16.8 Å². The lowest BCUT2D eigenvalue weighted by atomic mass is 10.1. The van der Waals surface area contributed by atoms with Gasteiger partial charge < -0.3 is 20.7 Å². The molecule has 27 heavy (non-hydrogen) atoms. The van der Waals surface area contributed by atoms with Crippen LogP contribution in [0.2, 0.25) is 5.02 Å². The molecule has 0 radical (unpaired) electrons. The van der Waals surface area contributed by atoms with E-state index in [0.717, 1.165) is 27.7 Å². The average molecular weight is 386 g/mol. The van der Waals surface area contributed by atoms with Gasteiger partial charge >= 0.3 is 0 Å². The summed E-state index contributed by atoms with van der Waals surface area (Å²) in [5, 5.41) is 15.0. The number of hydrogen-bond donors (Lipinski definition) is 3. The lowest BCUT2D eigenvalue weighted by Gasteiger charge is -2.17. The molecule has 3 rings (SSSR count). The quantitative estimate of drug-likeness (QED) is 0.557. The largest absolute Gasteiger partial charge is 0.395 e. The number of rotatable bonds is 8. The summed E-state index contributed by atoms with van der Waals surface area (Å²) in [6.07, 6.45) is 0.701. The minimum Gasteiger partial charge on any atom is -0.395 e. The van der Waals surface area contributed by atoms with E-state index < -0.39 is 0 Å². The van der Waals surface area contributed by atoms with Crippen molar-refractivity contribution in [2.24, 2.45) is 5.73 Å². The van der Waals surface area contributed by atoms with Gasteiger partial charge in [0.05, 0.1) is 6.61 Å². The monoisotopic (exact) mass is 385 g/mol. The van der Waals surface area contributed by atoms with Gasteiger partial charge in [-0.15, -0.1) is 0 Å². The van der Waals surface area contributed by atoms with Crippen LogP contribution in [-0.2, 0) is 24.3 Å². The molecule has 0 unspecified atom stereocenters. The van der Waals surface area contributed by atoms with Crippen LogP contribution in [0, 0.1) is 6.92 Å². The fourth-order valence-electron chi connectivity index (χ4n) is 3.44. The third kappa shape index (κ3) is 4.50. The van der Waals surface area contributed by atoms with Crippen LogP contribution in [0.15, 0.2) is 48.5 Å². The number of nitrogens with one attached hydrogen (secondary N) is 1. The third-order valence-electron chi connectivity index (χ3n) is 4.86. The molecule has 142 valence electrons. The lowest BCUT2D eigenvalue weighted by Crippen LogP contribution is -2.34. The Balaban J connectivity index is 1.80. The first kappa shape index (κ1) is 19.4. The molecule has 0 fully saturated rings. The number of nitrogens with two attached hydrogens (primary N) is 1. The molecule has 0 saturated heterocycles. The van der Waals surface area contributed by atoms with Crippen molar-refractivity contribution in [1.29, 1.82) is 0 Å². The summed E-state index contributed by atoms with van der Waals surface area (Å²) in [5.41, 5.74) is 9.63. The number of carbonyl (C=O) groups excluding carboxylic acids is 1. The van der Waals surface area contributed by atoms with Gasteiger partial charge in [-0.25, -0.2) is 0 Å². The number of halogens is 1. The maximum absolute atomic E-state index is 11.5. The molecule has 3 aromatic rings. The molecule has 4 N–H and O–H groups in total. The highest BCUT2D eigenvalue weighted by Gasteiger charge is 2.16. The average Bonchev–Trinajstić information content (AvgIpc) is 2.92. The van der Waals surface area contributed by atoms with E-state index in [9.17, 15) is 9.90 Å². The van der Waals surface area contributed by atoms with Crippen molar-refractivity contribution in [3.05, 3.63) is 70.4 Å². The van der Waals surface area contributed by atoms with Gasteiger partial charge in [0.1, 0.15) is 6.54 Å². The number of nitrogens with zero attached hydrogens (tertiary/aromatic N) is 1. The van der Waals surface area contributed by atoms with Crippen LogP contribution >= 0.6 is 11.6 Å². The lowest BCUT2D eigenvalue weighted by molar-refractivity contribution is -0.118. The maximum atomic E-state index is 11.5. The zero-order chi connectivity index (χ0) is 19.4. The number of carbonyl (C=O) groups is 1. The summed E-state index contributed by atoms with van der Waals surface area (Å²) < 4.78 is 1.95. The second-order valence-corrected chi connectivity index (χ2v) is 7.16. The van der Waals surface area contributed by atoms with E-state index in [-0.39, 0.29) is 25.1 Å². The molecular formula is C21H24ClN3O2. The van der Waals surface area contributed by atoms with Crippen molar-refractivity contribution in [1.82, 2.24) is 9.88 Å². The number of benzene rings is 2. The molecule has 0 saturated carbocycles. The third-order valence-corrected chi connectivity index (χ3v) is 5.11. The first-order valence-corrected chi connectivity index (χ1v) is 9.31. The van der Waals surface area contributed by atoms with Gasteiger partial charge in [-0.2, -0.15) is 0 Å². The highest BCUT2D eigenvalue weighted by molar-refractivity contribution is 6.30. The van der Waals surface area contributed by atoms with Crippen LogP contribution in [0.25, 0.3) is 10.9 Å². The Morgan fingerprint density at radius 1 is 1.22 bits per heavy atom. The number of para-hydroxylation sites is 1. The normalized spacial score (nSPS) is 12.4. The Hall–Kier alpha value is -2.34. The van der Waals surface area contributed by atoms with E-state index in [0.29, 0.717) is 18.0 Å². The van der Waals surface area contributed by atoms with Gasteiger partial charge in [0.25, 0.3) is 0 Å². The molecule has 1 atom stereocenters. The molecule has 0 aliphatic rings. The highest BCUT2D eigenvalue weighted by Crippen LogP contribution is 2.26. The highest BCUT2D eigenvalue weighted by atomic mass is 35.5. The molecule has 5 nitrogen and oxygen atoms in total. The fourth-order valence-corrected chi connectivity index (χ4v) is 3.56. The van der Waals surface area contributed by atoms with E-state index in [1.54, 1.807) is 0 Å². The maximum Gasteiger partial charge on any atom is 0.237 e. The molecule has 2 aromatic carbocycles. The summed E-state index contributed by atoms with van der Waals surface area (Å²) in [6, 6.07) is 15.5. The molecule has 1 aromatic heterocycles. The first-order chi connectivity index (χ1) is 13.0. The second-order valence-electron chi connectivity index (χ2n) is 6.72. The summed E-state index contributed by atoms with van der Waals surface area (Å²) in [5.74, 6) is -0.366. The van der Waals surface area contributed by atoms with Crippen LogP contribution in [-0.4, -0.2) is 28.2 Å². The van der Waals surface area contributed by atoms with Gasteiger partial charge in [-0.3, -0.25) is 4.79 Å². The minimum absolute atomic E-state index is 0.0294. The number of fused-ring (bicyclic) bond motifs is 1. The Morgan fingerprint density at radius 2 is 1.93 bits per heavy atom. The van der Waals surface area contributed by atoms with Gasteiger partial charge in [-0.1, -0.05) is 41.9 Å². The van der Waals surface area contributed by atoms with Crippen molar-refractivity contribution in [3.63, 3.8) is 0 Å².